The second kappa shape index (κ2) is 5.33. The molecule has 1 saturated heterocycles. The summed E-state index contributed by atoms with van der Waals surface area (Å²) in [5.41, 5.74) is 0. The number of aliphatic hydroxyl groups is 1. The summed E-state index contributed by atoms with van der Waals surface area (Å²) in [6.45, 7) is 7.31. The van der Waals surface area contributed by atoms with Gasteiger partial charge in [0.2, 0.25) is 0 Å². The molecule has 3 nitrogen and oxygen atoms in total. The van der Waals surface area contributed by atoms with Crippen molar-refractivity contribution in [3.8, 4) is 6.07 Å². The van der Waals surface area contributed by atoms with Crippen molar-refractivity contribution in [2.75, 3.05) is 26.2 Å². The highest BCUT2D eigenvalue weighted by molar-refractivity contribution is 4.84. The van der Waals surface area contributed by atoms with Crippen LogP contribution in [-0.4, -0.2) is 36.2 Å². The molecule has 0 radical (unpaired) electrons. The van der Waals surface area contributed by atoms with Crippen LogP contribution in [0.15, 0.2) is 0 Å². The molecule has 3 heteroatoms. The van der Waals surface area contributed by atoms with Crippen LogP contribution in [0.4, 0.5) is 0 Å². The molecule has 3 unspecified atom stereocenters. The highest BCUT2D eigenvalue weighted by Crippen LogP contribution is 2.21. The zero-order valence-electron chi connectivity index (χ0n) is 9.11. The fourth-order valence-corrected chi connectivity index (χ4v) is 2.31. The molecule has 0 aliphatic carbocycles. The number of likely N-dealkylation sites (tertiary alicyclic amines) is 1. The van der Waals surface area contributed by atoms with Crippen LogP contribution < -0.4 is 0 Å². The summed E-state index contributed by atoms with van der Waals surface area (Å²) in [6, 6.07) is 2.26. The van der Waals surface area contributed by atoms with E-state index in [0.29, 0.717) is 11.8 Å². The fraction of sp³-hybridized carbons (Fsp3) is 0.909. The van der Waals surface area contributed by atoms with Crippen molar-refractivity contribution >= 4 is 0 Å². The smallest absolute Gasteiger partial charge is 0.0666 e. The quantitative estimate of drug-likeness (QED) is 0.735. The van der Waals surface area contributed by atoms with Crippen molar-refractivity contribution in [2.24, 2.45) is 17.8 Å². The van der Waals surface area contributed by atoms with Gasteiger partial charge in [0.1, 0.15) is 0 Å². The number of rotatable bonds is 3. The van der Waals surface area contributed by atoms with Crippen molar-refractivity contribution in [3.05, 3.63) is 0 Å². The van der Waals surface area contributed by atoms with Crippen LogP contribution in [0.1, 0.15) is 20.3 Å². The molecule has 0 bridgehead atoms. The maximum absolute atomic E-state index is 9.13. The Kier molecular flexibility index (Phi) is 4.37. The summed E-state index contributed by atoms with van der Waals surface area (Å²) in [5, 5.41) is 17.9. The molecule has 0 aromatic rings. The number of aliphatic hydroxyl groups excluding tert-OH is 1. The Balaban J connectivity index is 2.41. The van der Waals surface area contributed by atoms with E-state index in [-0.39, 0.29) is 12.5 Å². The lowest BCUT2D eigenvalue weighted by atomic mass is 9.90. The van der Waals surface area contributed by atoms with Crippen LogP contribution in [0.2, 0.25) is 0 Å². The molecule has 1 rings (SSSR count). The molecule has 80 valence electrons. The summed E-state index contributed by atoms with van der Waals surface area (Å²) in [6.07, 6.45) is 1.12. The second-order valence-electron chi connectivity index (χ2n) is 4.64. The predicted molar refractivity (Wildman–Crippen MR) is 55.6 cm³/mol. The zero-order chi connectivity index (χ0) is 10.6. The van der Waals surface area contributed by atoms with E-state index in [1.54, 1.807) is 0 Å². The van der Waals surface area contributed by atoms with E-state index < -0.39 is 0 Å². The van der Waals surface area contributed by atoms with Crippen LogP contribution >= 0.6 is 0 Å². The van der Waals surface area contributed by atoms with E-state index in [9.17, 15) is 0 Å². The van der Waals surface area contributed by atoms with Gasteiger partial charge in [0.05, 0.1) is 12.0 Å². The number of hydrogen-bond acceptors (Lipinski definition) is 3. The Hall–Kier alpha value is -0.590. The lowest BCUT2D eigenvalue weighted by Gasteiger charge is -2.36. The van der Waals surface area contributed by atoms with Crippen molar-refractivity contribution in [3.63, 3.8) is 0 Å². The monoisotopic (exact) mass is 196 g/mol. The maximum atomic E-state index is 9.13. The first-order valence-electron chi connectivity index (χ1n) is 5.38. The van der Waals surface area contributed by atoms with Crippen molar-refractivity contribution in [2.45, 2.75) is 20.3 Å². The molecular formula is C11H20N2O. The van der Waals surface area contributed by atoms with E-state index in [4.69, 9.17) is 10.4 Å². The minimum atomic E-state index is 0.0969. The van der Waals surface area contributed by atoms with E-state index in [1.807, 2.05) is 6.92 Å². The molecule has 0 aromatic carbocycles. The lowest BCUT2D eigenvalue weighted by molar-refractivity contribution is 0.0854. The van der Waals surface area contributed by atoms with Gasteiger partial charge in [-0.2, -0.15) is 5.26 Å². The summed E-state index contributed by atoms with van der Waals surface area (Å²) in [4.78, 5) is 2.31. The number of nitrogens with zero attached hydrogens (tertiary/aromatic N) is 2. The molecule has 1 heterocycles. The van der Waals surface area contributed by atoms with Gasteiger partial charge in [0.25, 0.3) is 0 Å². The lowest BCUT2D eigenvalue weighted by Crippen LogP contribution is -2.42. The summed E-state index contributed by atoms with van der Waals surface area (Å²) in [7, 11) is 0. The maximum Gasteiger partial charge on any atom is 0.0666 e. The van der Waals surface area contributed by atoms with E-state index in [1.165, 1.54) is 0 Å². The highest BCUT2D eigenvalue weighted by atomic mass is 16.3. The van der Waals surface area contributed by atoms with Gasteiger partial charge in [0.15, 0.2) is 0 Å². The molecule has 0 amide bonds. The Morgan fingerprint density at radius 3 is 2.86 bits per heavy atom. The Morgan fingerprint density at radius 1 is 1.57 bits per heavy atom. The molecular weight excluding hydrogens is 176 g/mol. The summed E-state index contributed by atoms with van der Waals surface area (Å²) >= 11 is 0. The molecule has 3 atom stereocenters. The normalized spacial score (nSPS) is 31.0. The van der Waals surface area contributed by atoms with Gasteiger partial charge in [-0.1, -0.05) is 6.92 Å². The third kappa shape index (κ3) is 3.28. The average Bonchev–Trinajstić information content (AvgIpc) is 2.16. The molecule has 1 aliphatic heterocycles. The minimum absolute atomic E-state index is 0.0969. The largest absolute Gasteiger partial charge is 0.396 e. The molecule has 0 saturated carbocycles. The SMILES string of the molecule is CC(C#N)CN1CC(C)CC(CO)C1. The minimum Gasteiger partial charge on any atom is -0.396 e. The highest BCUT2D eigenvalue weighted by Gasteiger charge is 2.24. The van der Waals surface area contributed by atoms with E-state index in [0.717, 1.165) is 26.1 Å². The van der Waals surface area contributed by atoms with Gasteiger partial charge in [-0.25, -0.2) is 0 Å². The van der Waals surface area contributed by atoms with Crippen LogP contribution in [0.25, 0.3) is 0 Å². The third-order valence-corrected chi connectivity index (χ3v) is 2.83. The van der Waals surface area contributed by atoms with Crippen LogP contribution in [0.3, 0.4) is 0 Å². The van der Waals surface area contributed by atoms with Crippen LogP contribution in [-0.2, 0) is 0 Å². The topological polar surface area (TPSA) is 47.3 Å². The molecule has 14 heavy (non-hydrogen) atoms. The predicted octanol–water partition coefficient (Wildman–Crippen LogP) is 1.10. The van der Waals surface area contributed by atoms with Gasteiger partial charge in [-0.15, -0.1) is 0 Å². The molecule has 1 N–H and O–H groups in total. The Bertz CT molecular complexity index is 212. The van der Waals surface area contributed by atoms with Gasteiger partial charge in [-0.05, 0) is 25.2 Å². The average molecular weight is 196 g/mol. The van der Waals surface area contributed by atoms with Crippen molar-refractivity contribution in [1.82, 2.24) is 4.90 Å². The summed E-state index contributed by atoms with van der Waals surface area (Å²) < 4.78 is 0. The number of nitriles is 1. The van der Waals surface area contributed by atoms with Gasteiger partial charge < -0.3 is 10.0 Å². The first-order chi connectivity index (χ1) is 6.65. The molecule has 0 spiro atoms. The van der Waals surface area contributed by atoms with E-state index in [2.05, 4.69) is 17.9 Å². The zero-order valence-corrected chi connectivity index (χ0v) is 9.11. The first kappa shape index (κ1) is 11.5. The van der Waals surface area contributed by atoms with Gasteiger partial charge in [0, 0.05) is 26.2 Å². The molecule has 1 aliphatic rings. The molecule has 0 aromatic heterocycles. The molecule has 1 fully saturated rings. The van der Waals surface area contributed by atoms with Crippen LogP contribution in [0, 0.1) is 29.1 Å². The Morgan fingerprint density at radius 2 is 2.29 bits per heavy atom. The first-order valence-corrected chi connectivity index (χ1v) is 5.38. The van der Waals surface area contributed by atoms with Crippen LogP contribution in [0.5, 0.6) is 0 Å². The van der Waals surface area contributed by atoms with Gasteiger partial charge in [-0.3, -0.25) is 0 Å². The van der Waals surface area contributed by atoms with Gasteiger partial charge >= 0.3 is 0 Å². The van der Waals surface area contributed by atoms with E-state index >= 15 is 0 Å². The number of piperidine rings is 1. The van der Waals surface area contributed by atoms with Crippen molar-refractivity contribution < 1.29 is 5.11 Å². The Labute approximate surface area is 86.3 Å². The third-order valence-electron chi connectivity index (χ3n) is 2.83. The second-order valence-corrected chi connectivity index (χ2v) is 4.64. The van der Waals surface area contributed by atoms with Crippen molar-refractivity contribution in [1.29, 1.82) is 5.26 Å². The number of hydrogen-bond donors (Lipinski definition) is 1. The standard InChI is InChI=1S/C11H20N2O/c1-9-3-11(8-14)7-13(5-9)6-10(2)4-12/h9-11,14H,3,5-8H2,1-2H3. The summed E-state index contributed by atoms with van der Waals surface area (Å²) in [5.74, 6) is 1.15. The fourth-order valence-electron chi connectivity index (χ4n) is 2.31.